The van der Waals surface area contributed by atoms with Crippen molar-refractivity contribution in [3.8, 4) is 11.5 Å². The number of nitrogen functional groups attached to an aromatic ring is 1. The number of anilines is 2. The lowest BCUT2D eigenvalue weighted by Gasteiger charge is -2.33. The van der Waals surface area contributed by atoms with E-state index in [9.17, 15) is 4.79 Å². The van der Waals surface area contributed by atoms with Crippen LogP contribution in [0.4, 0.5) is 16.2 Å². The average Bonchev–Trinajstić information content (AvgIpc) is 3.11. The first kappa shape index (κ1) is 19.4. The molecule has 0 unspecified atom stereocenters. The van der Waals surface area contributed by atoms with Crippen molar-refractivity contribution in [1.29, 1.82) is 0 Å². The number of methoxy groups -OCH3 is 1. The van der Waals surface area contributed by atoms with Gasteiger partial charge in [-0.2, -0.15) is 0 Å². The van der Waals surface area contributed by atoms with Gasteiger partial charge in [0.25, 0.3) is 0 Å². The van der Waals surface area contributed by atoms with Gasteiger partial charge < -0.3 is 19.9 Å². The van der Waals surface area contributed by atoms with Crippen LogP contribution in [0.1, 0.15) is 12.8 Å². The molecule has 2 heterocycles. The van der Waals surface area contributed by atoms with Crippen molar-refractivity contribution < 1.29 is 19.0 Å². The second-order valence-electron chi connectivity index (χ2n) is 7.50. The molecule has 7 nitrogen and oxygen atoms in total. The van der Waals surface area contributed by atoms with E-state index in [-0.39, 0.29) is 18.3 Å². The summed E-state index contributed by atoms with van der Waals surface area (Å²) in [5.41, 5.74) is 7.28. The molecule has 1 amide bonds. The standard InChI is InChI=1S/C22H27N3O4/c1-27-18-8-4-17(5-9-18)25-15-21(29-22(25)26)14-24-12-10-20(11-13-24)28-19-6-2-16(23)3-7-19/h2-9,20-21H,10-15,23H2,1H3/t21-/m0/s1. The lowest BCUT2D eigenvalue weighted by Crippen LogP contribution is -2.42. The van der Waals surface area contributed by atoms with Crippen molar-refractivity contribution in [3.63, 3.8) is 0 Å². The van der Waals surface area contributed by atoms with Crippen molar-refractivity contribution in [2.45, 2.75) is 25.0 Å². The summed E-state index contributed by atoms with van der Waals surface area (Å²) in [5, 5.41) is 0. The highest BCUT2D eigenvalue weighted by Gasteiger charge is 2.34. The largest absolute Gasteiger partial charge is 0.497 e. The van der Waals surface area contributed by atoms with E-state index in [1.807, 2.05) is 48.5 Å². The average molecular weight is 397 g/mol. The molecule has 0 aliphatic carbocycles. The fourth-order valence-corrected chi connectivity index (χ4v) is 3.83. The van der Waals surface area contributed by atoms with Crippen LogP contribution >= 0.6 is 0 Å². The highest BCUT2D eigenvalue weighted by molar-refractivity contribution is 5.89. The highest BCUT2D eigenvalue weighted by atomic mass is 16.6. The van der Waals surface area contributed by atoms with Crippen molar-refractivity contribution in [1.82, 2.24) is 4.90 Å². The minimum absolute atomic E-state index is 0.126. The smallest absolute Gasteiger partial charge is 0.414 e. The van der Waals surface area contributed by atoms with Gasteiger partial charge in [0.2, 0.25) is 0 Å². The maximum atomic E-state index is 12.3. The van der Waals surface area contributed by atoms with Crippen molar-refractivity contribution in [3.05, 3.63) is 48.5 Å². The molecule has 2 aliphatic heterocycles. The number of likely N-dealkylation sites (tertiary alicyclic amines) is 1. The third-order valence-electron chi connectivity index (χ3n) is 5.44. The molecule has 4 rings (SSSR count). The van der Waals surface area contributed by atoms with Gasteiger partial charge in [-0.1, -0.05) is 0 Å². The molecule has 2 N–H and O–H groups in total. The minimum atomic E-state index is -0.290. The molecular weight excluding hydrogens is 370 g/mol. The van der Waals surface area contributed by atoms with Crippen LogP contribution in [0.5, 0.6) is 11.5 Å². The van der Waals surface area contributed by atoms with Gasteiger partial charge in [-0.25, -0.2) is 4.79 Å². The van der Waals surface area contributed by atoms with E-state index < -0.39 is 0 Å². The minimum Gasteiger partial charge on any atom is -0.497 e. The summed E-state index contributed by atoms with van der Waals surface area (Å²) in [5.74, 6) is 1.62. The lowest BCUT2D eigenvalue weighted by atomic mass is 10.1. The molecule has 0 radical (unpaired) electrons. The topological polar surface area (TPSA) is 77.3 Å². The first-order chi connectivity index (χ1) is 14.1. The molecule has 0 aromatic heterocycles. The number of benzene rings is 2. The number of carbonyl (C=O) groups is 1. The van der Waals surface area contributed by atoms with E-state index in [0.717, 1.165) is 55.3 Å². The summed E-state index contributed by atoms with van der Waals surface area (Å²) in [6.45, 7) is 3.16. The number of hydrogen-bond acceptors (Lipinski definition) is 6. The Kier molecular flexibility index (Phi) is 5.76. The molecule has 2 fully saturated rings. The zero-order valence-corrected chi connectivity index (χ0v) is 16.6. The van der Waals surface area contributed by atoms with Gasteiger partial charge in [0.05, 0.1) is 13.7 Å². The summed E-state index contributed by atoms with van der Waals surface area (Å²) < 4.78 is 16.8. The fraction of sp³-hybridized carbons (Fsp3) is 0.409. The second-order valence-corrected chi connectivity index (χ2v) is 7.50. The number of cyclic esters (lactones) is 1. The Balaban J connectivity index is 1.25. The van der Waals surface area contributed by atoms with Crippen LogP contribution in [-0.2, 0) is 4.74 Å². The van der Waals surface area contributed by atoms with Gasteiger partial charge in [0, 0.05) is 31.0 Å². The maximum Gasteiger partial charge on any atom is 0.414 e. The molecule has 2 aromatic carbocycles. The van der Waals surface area contributed by atoms with Crippen LogP contribution < -0.4 is 20.1 Å². The van der Waals surface area contributed by atoms with E-state index in [1.54, 1.807) is 12.0 Å². The normalized spacial score (nSPS) is 20.5. The summed E-state index contributed by atoms with van der Waals surface area (Å²) in [6, 6.07) is 15.0. The van der Waals surface area contributed by atoms with Crippen molar-refractivity contribution in [2.75, 3.05) is 43.9 Å². The van der Waals surface area contributed by atoms with Gasteiger partial charge in [0.15, 0.2) is 0 Å². The molecule has 29 heavy (non-hydrogen) atoms. The molecule has 154 valence electrons. The summed E-state index contributed by atoms with van der Waals surface area (Å²) in [6.07, 6.45) is 1.69. The van der Waals surface area contributed by atoms with E-state index in [0.29, 0.717) is 6.54 Å². The number of amides is 1. The molecule has 0 spiro atoms. The van der Waals surface area contributed by atoms with E-state index in [1.165, 1.54) is 0 Å². The predicted molar refractivity (Wildman–Crippen MR) is 112 cm³/mol. The Hall–Kier alpha value is -2.93. The Morgan fingerprint density at radius 1 is 1.03 bits per heavy atom. The van der Waals surface area contributed by atoms with Crippen LogP contribution in [0, 0.1) is 0 Å². The number of hydrogen-bond donors (Lipinski definition) is 1. The first-order valence-corrected chi connectivity index (χ1v) is 9.97. The Morgan fingerprint density at radius 2 is 1.69 bits per heavy atom. The van der Waals surface area contributed by atoms with Crippen LogP contribution in [0.15, 0.2) is 48.5 Å². The Labute approximate surface area is 170 Å². The van der Waals surface area contributed by atoms with Gasteiger partial charge in [0.1, 0.15) is 23.7 Å². The van der Waals surface area contributed by atoms with Crippen LogP contribution in [0.2, 0.25) is 0 Å². The second kappa shape index (κ2) is 8.61. The Bertz CT molecular complexity index is 817. The highest BCUT2D eigenvalue weighted by Crippen LogP contribution is 2.25. The molecule has 2 aromatic rings. The van der Waals surface area contributed by atoms with Crippen molar-refractivity contribution in [2.24, 2.45) is 0 Å². The SMILES string of the molecule is COc1ccc(N2C[C@H](CN3CCC(Oc4ccc(N)cc4)CC3)OC2=O)cc1. The number of carbonyl (C=O) groups excluding carboxylic acids is 1. The number of nitrogens with zero attached hydrogens (tertiary/aromatic N) is 2. The molecule has 0 saturated carbocycles. The van der Waals surface area contributed by atoms with E-state index in [4.69, 9.17) is 19.9 Å². The molecule has 7 heteroatoms. The number of piperidine rings is 1. The molecule has 2 saturated heterocycles. The van der Waals surface area contributed by atoms with Gasteiger partial charge in [-0.15, -0.1) is 0 Å². The third-order valence-corrected chi connectivity index (χ3v) is 5.44. The van der Waals surface area contributed by atoms with Gasteiger partial charge in [-0.3, -0.25) is 9.80 Å². The first-order valence-electron chi connectivity index (χ1n) is 9.97. The summed E-state index contributed by atoms with van der Waals surface area (Å²) >= 11 is 0. The van der Waals surface area contributed by atoms with E-state index >= 15 is 0 Å². The lowest BCUT2D eigenvalue weighted by molar-refractivity contribution is 0.0655. The fourth-order valence-electron chi connectivity index (χ4n) is 3.83. The monoisotopic (exact) mass is 397 g/mol. The number of ether oxygens (including phenoxy) is 3. The maximum absolute atomic E-state index is 12.3. The molecule has 2 aliphatic rings. The zero-order chi connectivity index (χ0) is 20.2. The summed E-state index contributed by atoms with van der Waals surface area (Å²) in [4.78, 5) is 16.3. The molecular formula is C22H27N3O4. The Morgan fingerprint density at radius 3 is 2.34 bits per heavy atom. The van der Waals surface area contributed by atoms with Crippen LogP contribution in [-0.4, -0.2) is 56.5 Å². The number of nitrogens with two attached hydrogens (primary N) is 1. The summed E-state index contributed by atoms with van der Waals surface area (Å²) in [7, 11) is 1.62. The van der Waals surface area contributed by atoms with Crippen LogP contribution in [0.25, 0.3) is 0 Å². The van der Waals surface area contributed by atoms with Gasteiger partial charge in [-0.05, 0) is 61.4 Å². The zero-order valence-electron chi connectivity index (χ0n) is 16.6. The van der Waals surface area contributed by atoms with Crippen molar-refractivity contribution >= 4 is 17.5 Å². The quantitative estimate of drug-likeness (QED) is 0.755. The van der Waals surface area contributed by atoms with Gasteiger partial charge >= 0.3 is 6.09 Å². The third kappa shape index (κ3) is 4.74. The predicted octanol–water partition coefficient (Wildman–Crippen LogP) is 3.15. The van der Waals surface area contributed by atoms with Crippen LogP contribution in [0.3, 0.4) is 0 Å². The molecule has 1 atom stereocenters. The van der Waals surface area contributed by atoms with E-state index in [2.05, 4.69) is 4.90 Å². The number of rotatable bonds is 6. The molecule has 0 bridgehead atoms.